The van der Waals surface area contributed by atoms with Crippen molar-refractivity contribution >= 4 is 19.8 Å². The lowest BCUT2D eigenvalue weighted by atomic mass is 10.1. The molecular weight excluding hydrogens is 543 g/mol. The summed E-state index contributed by atoms with van der Waals surface area (Å²) in [6, 6.07) is 0. The van der Waals surface area contributed by atoms with E-state index in [1.807, 2.05) is 0 Å². The highest BCUT2D eigenvalue weighted by atomic mass is 31.2. The van der Waals surface area contributed by atoms with Gasteiger partial charge in [0, 0.05) is 12.8 Å². The Morgan fingerprint density at radius 1 is 0.610 bits per heavy atom. The molecule has 240 valence electrons. The van der Waals surface area contributed by atoms with E-state index in [1.54, 1.807) is 0 Å². The molecule has 0 unspecified atom stereocenters. The Labute approximate surface area is 249 Å². The van der Waals surface area contributed by atoms with Crippen molar-refractivity contribution in [1.82, 2.24) is 0 Å². The van der Waals surface area contributed by atoms with E-state index in [0.29, 0.717) is 12.8 Å². The first kappa shape index (κ1) is 39.5. The summed E-state index contributed by atoms with van der Waals surface area (Å²) in [6.07, 6.45) is 29.0. The van der Waals surface area contributed by atoms with Gasteiger partial charge < -0.3 is 19.3 Å². The van der Waals surface area contributed by atoms with E-state index in [2.05, 4.69) is 42.7 Å². The van der Waals surface area contributed by atoms with Crippen LogP contribution in [0.3, 0.4) is 0 Å². The van der Waals surface area contributed by atoms with Crippen molar-refractivity contribution in [3.63, 3.8) is 0 Å². The molecule has 0 aliphatic rings. The van der Waals surface area contributed by atoms with E-state index in [-0.39, 0.29) is 19.4 Å². The summed E-state index contributed by atoms with van der Waals surface area (Å²) in [5, 5.41) is 0. The van der Waals surface area contributed by atoms with Crippen LogP contribution in [0.5, 0.6) is 0 Å². The van der Waals surface area contributed by atoms with E-state index in [0.717, 1.165) is 70.6 Å². The molecule has 0 amide bonds. The van der Waals surface area contributed by atoms with Crippen molar-refractivity contribution in [2.45, 2.75) is 155 Å². The van der Waals surface area contributed by atoms with Crippen LogP contribution < -0.4 is 0 Å². The fourth-order valence-corrected chi connectivity index (χ4v) is 4.59. The Morgan fingerprint density at radius 3 is 1.56 bits per heavy atom. The quantitative estimate of drug-likeness (QED) is 0.0377. The number of rotatable bonds is 29. The van der Waals surface area contributed by atoms with Crippen molar-refractivity contribution in [2.24, 2.45) is 0 Å². The van der Waals surface area contributed by atoms with Crippen molar-refractivity contribution in [2.75, 3.05) is 13.2 Å². The van der Waals surface area contributed by atoms with Crippen LogP contribution in [0.15, 0.2) is 24.3 Å². The van der Waals surface area contributed by atoms with Gasteiger partial charge in [-0.05, 0) is 57.8 Å². The summed E-state index contributed by atoms with van der Waals surface area (Å²) in [7, 11) is -4.74. The highest BCUT2D eigenvalue weighted by molar-refractivity contribution is 7.46. The first-order chi connectivity index (χ1) is 19.8. The lowest BCUT2D eigenvalue weighted by Gasteiger charge is -2.18. The number of ether oxygens (including phenoxy) is 2. The third-order valence-electron chi connectivity index (χ3n) is 6.69. The van der Waals surface area contributed by atoms with Crippen LogP contribution in [0.1, 0.15) is 149 Å². The second-order valence-corrected chi connectivity index (χ2v) is 12.0. The number of phosphoric ester groups is 1. The average molecular weight is 603 g/mol. The zero-order chi connectivity index (χ0) is 30.4. The van der Waals surface area contributed by atoms with Gasteiger partial charge in [-0.15, -0.1) is 0 Å². The van der Waals surface area contributed by atoms with Crippen LogP contribution in [-0.4, -0.2) is 41.0 Å². The molecule has 2 N–H and O–H groups in total. The Bertz CT molecular complexity index is 731. The van der Waals surface area contributed by atoms with Gasteiger partial charge in [0.05, 0.1) is 6.61 Å². The molecule has 0 heterocycles. The third kappa shape index (κ3) is 31.3. The van der Waals surface area contributed by atoms with Crippen LogP contribution in [-0.2, 0) is 28.2 Å². The molecule has 0 aliphatic heterocycles. The van der Waals surface area contributed by atoms with E-state index < -0.39 is 32.5 Å². The summed E-state index contributed by atoms with van der Waals surface area (Å²) >= 11 is 0. The molecule has 8 nitrogen and oxygen atoms in total. The monoisotopic (exact) mass is 602 g/mol. The number of carbonyl (C=O) groups is 2. The molecular formula is C32H59O8P. The predicted molar refractivity (Wildman–Crippen MR) is 165 cm³/mol. The van der Waals surface area contributed by atoms with E-state index in [1.165, 1.54) is 38.5 Å². The summed E-state index contributed by atoms with van der Waals surface area (Å²) in [5.74, 6) is -0.910. The number of carbonyl (C=O) groups excluding carboxylic acids is 2. The Kier molecular flexibility index (Phi) is 27.6. The first-order valence-corrected chi connectivity index (χ1v) is 17.7. The lowest BCUT2D eigenvalue weighted by Crippen LogP contribution is -2.29. The molecule has 0 saturated heterocycles. The van der Waals surface area contributed by atoms with Crippen molar-refractivity contribution < 1.29 is 37.9 Å². The molecule has 9 heteroatoms. The molecule has 0 fully saturated rings. The second-order valence-electron chi connectivity index (χ2n) is 10.8. The highest BCUT2D eigenvalue weighted by Gasteiger charge is 2.22. The SMILES string of the molecule is CCCC/C=C/CCCCCCCC(=O)O[C@H](COC(=O)CCCCCCC/C=C/CCCCC)COP(=O)(O)O. The van der Waals surface area contributed by atoms with Gasteiger partial charge in [-0.1, -0.05) is 102 Å². The van der Waals surface area contributed by atoms with Gasteiger partial charge in [0.25, 0.3) is 0 Å². The molecule has 0 saturated carbocycles. The Balaban J connectivity index is 4.06. The Hall–Kier alpha value is -1.47. The molecule has 0 rings (SSSR count). The van der Waals surface area contributed by atoms with Crippen LogP contribution in [0, 0.1) is 0 Å². The van der Waals surface area contributed by atoms with Crippen molar-refractivity contribution in [3.05, 3.63) is 24.3 Å². The molecule has 0 spiro atoms. The minimum absolute atomic E-state index is 0.200. The number of unbranched alkanes of at least 4 members (excludes halogenated alkanes) is 15. The maximum absolute atomic E-state index is 12.3. The fourth-order valence-electron chi connectivity index (χ4n) is 4.23. The van der Waals surface area contributed by atoms with Crippen LogP contribution in [0.2, 0.25) is 0 Å². The second kappa shape index (κ2) is 28.6. The first-order valence-electron chi connectivity index (χ1n) is 16.1. The van der Waals surface area contributed by atoms with Crippen molar-refractivity contribution in [1.29, 1.82) is 0 Å². The van der Waals surface area contributed by atoms with E-state index in [9.17, 15) is 14.2 Å². The number of esters is 2. The molecule has 0 aromatic heterocycles. The predicted octanol–water partition coefficient (Wildman–Crippen LogP) is 8.90. The number of allylic oxidation sites excluding steroid dienone is 4. The van der Waals surface area contributed by atoms with E-state index >= 15 is 0 Å². The van der Waals surface area contributed by atoms with Gasteiger partial charge in [0.2, 0.25) is 0 Å². The molecule has 0 radical (unpaired) electrons. The standard InChI is InChI=1S/C32H59O8P/c1-3-5-7-9-11-13-15-17-18-20-22-24-26-31(33)38-28-30(29-39-41(35,36)37)40-32(34)27-25-23-21-19-16-14-12-10-8-6-4-2/h10-13,30H,3-9,14-29H2,1-2H3,(H2,35,36,37)/b12-10+,13-11+/t30-/m1/s1. The molecule has 1 atom stereocenters. The van der Waals surface area contributed by atoms with Crippen LogP contribution in [0.4, 0.5) is 0 Å². The van der Waals surface area contributed by atoms with Crippen molar-refractivity contribution in [3.8, 4) is 0 Å². The molecule has 0 aliphatic carbocycles. The number of hydrogen-bond donors (Lipinski definition) is 2. The summed E-state index contributed by atoms with van der Waals surface area (Å²) in [5.41, 5.74) is 0. The van der Waals surface area contributed by atoms with Gasteiger partial charge in [0.1, 0.15) is 6.61 Å². The van der Waals surface area contributed by atoms with Gasteiger partial charge in [-0.2, -0.15) is 0 Å². The average Bonchev–Trinajstić information content (AvgIpc) is 2.93. The molecule has 0 aromatic carbocycles. The van der Waals surface area contributed by atoms with Crippen LogP contribution in [0.25, 0.3) is 0 Å². The number of phosphoric acid groups is 1. The van der Waals surface area contributed by atoms with Crippen LogP contribution >= 0.6 is 7.82 Å². The van der Waals surface area contributed by atoms with E-state index in [4.69, 9.17) is 19.3 Å². The van der Waals surface area contributed by atoms with Gasteiger partial charge >= 0.3 is 19.8 Å². The Morgan fingerprint density at radius 2 is 1.05 bits per heavy atom. The smallest absolute Gasteiger partial charge is 0.462 e. The maximum atomic E-state index is 12.3. The minimum atomic E-state index is -4.74. The minimum Gasteiger partial charge on any atom is -0.462 e. The summed E-state index contributed by atoms with van der Waals surface area (Å²) in [4.78, 5) is 42.4. The van der Waals surface area contributed by atoms with Gasteiger partial charge in [-0.3, -0.25) is 14.1 Å². The normalized spacial score (nSPS) is 12.8. The van der Waals surface area contributed by atoms with Gasteiger partial charge in [-0.25, -0.2) is 4.57 Å². The zero-order valence-electron chi connectivity index (χ0n) is 25.9. The fraction of sp³-hybridized carbons (Fsp3) is 0.812. The lowest BCUT2D eigenvalue weighted by molar-refractivity contribution is -0.161. The highest BCUT2D eigenvalue weighted by Crippen LogP contribution is 2.35. The summed E-state index contributed by atoms with van der Waals surface area (Å²) in [6.45, 7) is 3.57. The maximum Gasteiger partial charge on any atom is 0.469 e. The summed E-state index contributed by atoms with van der Waals surface area (Å²) < 4.78 is 26.1. The largest absolute Gasteiger partial charge is 0.469 e. The number of hydrogen-bond acceptors (Lipinski definition) is 6. The molecule has 41 heavy (non-hydrogen) atoms. The molecule has 0 aromatic rings. The van der Waals surface area contributed by atoms with Gasteiger partial charge in [0.15, 0.2) is 6.10 Å². The third-order valence-corrected chi connectivity index (χ3v) is 7.18. The zero-order valence-corrected chi connectivity index (χ0v) is 26.8. The topological polar surface area (TPSA) is 119 Å². The molecule has 0 bridgehead atoms.